The quantitative estimate of drug-likeness (QED) is 0.319. The molecule has 20 heavy (non-hydrogen) atoms. The molecule has 0 aliphatic rings. The summed E-state index contributed by atoms with van der Waals surface area (Å²) in [5.74, 6) is 1.01. The van der Waals surface area contributed by atoms with Gasteiger partial charge in [-0.1, -0.05) is 12.1 Å². The molecule has 114 valence electrons. The lowest BCUT2D eigenvalue weighted by Gasteiger charge is -2.09. The monoisotopic (exact) mass is 413 g/mol. The first-order valence-corrected chi connectivity index (χ1v) is 7.86. The van der Waals surface area contributed by atoms with E-state index in [9.17, 15) is 8.42 Å². The van der Waals surface area contributed by atoms with E-state index in [1.807, 2.05) is 18.2 Å². The molecule has 0 aliphatic heterocycles. The molecule has 1 rings (SSSR count). The van der Waals surface area contributed by atoms with E-state index in [2.05, 4.69) is 10.3 Å². The summed E-state index contributed by atoms with van der Waals surface area (Å²) in [5, 5.41) is 2.91. The van der Waals surface area contributed by atoms with E-state index in [0.717, 1.165) is 5.69 Å². The van der Waals surface area contributed by atoms with Crippen molar-refractivity contribution < 1.29 is 13.2 Å². The number of nitrogens with one attached hydrogen (secondary N) is 1. The minimum absolute atomic E-state index is 0. The summed E-state index contributed by atoms with van der Waals surface area (Å²) in [6.45, 7) is 0.362. The highest BCUT2D eigenvalue weighted by atomic mass is 127. The predicted molar refractivity (Wildman–Crippen MR) is 92.8 cm³/mol. The Hall–Kier alpha value is -1.03. The third-order valence-corrected chi connectivity index (χ3v) is 3.36. The number of hydrogen-bond acceptors (Lipinski definition) is 4. The summed E-state index contributed by atoms with van der Waals surface area (Å²) in [6, 6.07) is 7.32. The third kappa shape index (κ3) is 7.53. The van der Waals surface area contributed by atoms with E-state index < -0.39 is 9.84 Å². The third-order valence-electron chi connectivity index (χ3n) is 2.33. The van der Waals surface area contributed by atoms with Crippen LogP contribution in [0, 0.1) is 0 Å². The molecule has 0 aliphatic carbocycles. The van der Waals surface area contributed by atoms with Crippen molar-refractivity contribution in [2.24, 2.45) is 10.7 Å². The molecule has 0 saturated carbocycles. The lowest BCUT2D eigenvalue weighted by atomic mass is 10.3. The maximum atomic E-state index is 10.9. The van der Waals surface area contributed by atoms with Crippen molar-refractivity contribution in [3.05, 3.63) is 24.3 Å². The van der Waals surface area contributed by atoms with Crippen molar-refractivity contribution in [3.8, 4) is 5.75 Å². The average Bonchev–Trinajstić information content (AvgIpc) is 2.34. The Bertz CT molecular complexity index is 547. The molecule has 6 nitrogen and oxygen atoms in total. The summed E-state index contributed by atoms with van der Waals surface area (Å²) in [5.41, 5.74) is 6.43. The van der Waals surface area contributed by atoms with E-state index >= 15 is 0 Å². The average molecular weight is 413 g/mol. The van der Waals surface area contributed by atoms with Crippen LogP contribution in [-0.4, -0.2) is 40.0 Å². The SMILES string of the molecule is COc1ccccc1NC(N)=NCCCS(C)(=O)=O.I. The fourth-order valence-corrected chi connectivity index (χ4v) is 2.11. The summed E-state index contributed by atoms with van der Waals surface area (Å²) < 4.78 is 27.0. The van der Waals surface area contributed by atoms with Crippen molar-refractivity contribution in [2.75, 3.05) is 31.0 Å². The molecular weight excluding hydrogens is 393 g/mol. The second kappa shape index (κ2) is 9.01. The number of nitrogens with two attached hydrogens (primary N) is 1. The van der Waals surface area contributed by atoms with Crippen molar-refractivity contribution >= 4 is 45.5 Å². The zero-order valence-electron chi connectivity index (χ0n) is 11.5. The van der Waals surface area contributed by atoms with Crippen LogP contribution < -0.4 is 15.8 Å². The molecule has 0 aromatic heterocycles. The number of halogens is 1. The van der Waals surface area contributed by atoms with Crippen molar-refractivity contribution in [3.63, 3.8) is 0 Å². The fraction of sp³-hybridized carbons (Fsp3) is 0.417. The molecule has 0 spiro atoms. The highest BCUT2D eigenvalue weighted by molar-refractivity contribution is 14.0. The molecule has 1 aromatic rings. The number of aliphatic imine (C=N–C) groups is 1. The second-order valence-corrected chi connectivity index (χ2v) is 6.34. The van der Waals surface area contributed by atoms with Crippen LogP contribution in [0.3, 0.4) is 0 Å². The number of anilines is 1. The van der Waals surface area contributed by atoms with Gasteiger partial charge in [-0.2, -0.15) is 0 Å². The Morgan fingerprint density at radius 3 is 2.65 bits per heavy atom. The molecule has 0 bridgehead atoms. The Balaban J connectivity index is 0.00000361. The maximum Gasteiger partial charge on any atom is 0.193 e. The molecule has 0 saturated heterocycles. The van der Waals surface area contributed by atoms with Crippen LogP contribution in [0.1, 0.15) is 6.42 Å². The topological polar surface area (TPSA) is 93.8 Å². The zero-order valence-corrected chi connectivity index (χ0v) is 14.6. The van der Waals surface area contributed by atoms with Crippen LogP contribution in [0.15, 0.2) is 29.3 Å². The number of para-hydroxylation sites is 2. The van der Waals surface area contributed by atoms with Crippen LogP contribution in [0.5, 0.6) is 5.75 Å². The molecule has 0 amide bonds. The van der Waals surface area contributed by atoms with Gasteiger partial charge in [-0.25, -0.2) is 8.42 Å². The number of nitrogens with zero attached hydrogens (tertiary/aromatic N) is 1. The number of ether oxygens (including phenoxy) is 1. The summed E-state index contributed by atoms with van der Waals surface area (Å²) in [6.07, 6.45) is 1.65. The van der Waals surface area contributed by atoms with Crippen LogP contribution in [-0.2, 0) is 9.84 Å². The van der Waals surface area contributed by atoms with Gasteiger partial charge in [0.15, 0.2) is 5.96 Å². The van der Waals surface area contributed by atoms with Gasteiger partial charge in [0.25, 0.3) is 0 Å². The minimum Gasteiger partial charge on any atom is -0.495 e. The smallest absolute Gasteiger partial charge is 0.193 e. The first kappa shape index (κ1) is 19.0. The first-order valence-electron chi connectivity index (χ1n) is 5.80. The summed E-state index contributed by atoms with van der Waals surface area (Å²) in [7, 11) is -1.37. The van der Waals surface area contributed by atoms with Crippen molar-refractivity contribution in [1.82, 2.24) is 0 Å². The van der Waals surface area contributed by atoms with E-state index in [0.29, 0.717) is 18.7 Å². The predicted octanol–water partition coefficient (Wildman–Crippen LogP) is 1.47. The van der Waals surface area contributed by atoms with Gasteiger partial charge in [-0.05, 0) is 18.6 Å². The molecule has 0 heterocycles. The molecule has 0 atom stereocenters. The lowest BCUT2D eigenvalue weighted by molar-refractivity contribution is 0.417. The van der Waals surface area contributed by atoms with Crippen LogP contribution in [0.4, 0.5) is 5.69 Å². The number of hydrogen-bond donors (Lipinski definition) is 2. The number of sulfone groups is 1. The van der Waals surface area contributed by atoms with Gasteiger partial charge >= 0.3 is 0 Å². The van der Waals surface area contributed by atoms with Gasteiger partial charge < -0.3 is 15.8 Å². The van der Waals surface area contributed by atoms with Crippen molar-refractivity contribution in [1.29, 1.82) is 0 Å². The van der Waals surface area contributed by atoms with Gasteiger partial charge in [-0.15, -0.1) is 24.0 Å². The van der Waals surface area contributed by atoms with Gasteiger partial charge in [0.2, 0.25) is 0 Å². The standard InChI is InChI=1S/C12H19N3O3S.HI/c1-18-11-7-4-3-6-10(11)15-12(13)14-8-5-9-19(2,16)17;/h3-4,6-7H,5,8-9H2,1-2H3,(H3,13,14,15);1H. The number of benzene rings is 1. The molecule has 3 N–H and O–H groups in total. The van der Waals surface area contributed by atoms with E-state index in [1.165, 1.54) is 6.26 Å². The van der Waals surface area contributed by atoms with Crippen LogP contribution >= 0.6 is 24.0 Å². The summed E-state index contributed by atoms with van der Waals surface area (Å²) in [4.78, 5) is 4.06. The Labute approximate surface area is 136 Å². The van der Waals surface area contributed by atoms with E-state index in [4.69, 9.17) is 10.5 Å². The van der Waals surface area contributed by atoms with Gasteiger partial charge in [0.1, 0.15) is 15.6 Å². The van der Waals surface area contributed by atoms with Gasteiger partial charge in [0.05, 0.1) is 18.6 Å². The normalized spacial score (nSPS) is 11.6. The Kier molecular flexibility index (Phi) is 8.54. The van der Waals surface area contributed by atoms with Crippen LogP contribution in [0.2, 0.25) is 0 Å². The minimum atomic E-state index is -2.94. The highest BCUT2D eigenvalue weighted by Crippen LogP contribution is 2.22. The largest absolute Gasteiger partial charge is 0.495 e. The maximum absolute atomic E-state index is 10.9. The number of methoxy groups -OCH3 is 1. The number of guanidine groups is 1. The molecule has 8 heteroatoms. The van der Waals surface area contributed by atoms with Crippen LogP contribution in [0.25, 0.3) is 0 Å². The van der Waals surface area contributed by atoms with E-state index in [-0.39, 0.29) is 35.7 Å². The molecule has 0 unspecified atom stereocenters. The Morgan fingerprint density at radius 2 is 2.05 bits per heavy atom. The first-order chi connectivity index (χ1) is 8.92. The molecule has 0 radical (unpaired) electrons. The second-order valence-electron chi connectivity index (χ2n) is 4.08. The molecule has 0 fully saturated rings. The highest BCUT2D eigenvalue weighted by Gasteiger charge is 2.03. The van der Waals surface area contributed by atoms with Gasteiger partial charge in [0, 0.05) is 12.8 Å². The molecule has 1 aromatic carbocycles. The lowest BCUT2D eigenvalue weighted by Crippen LogP contribution is -2.23. The Morgan fingerprint density at radius 1 is 1.40 bits per heavy atom. The van der Waals surface area contributed by atoms with Crippen molar-refractivity contribution in [2.45, 2.75) is 6.42 Å². The number of rotatable bonds is 6. The molecular formula is C12H20IN3O3S. The fourth-order valence-electron chi connectivity index (χ4n) is 1.45. The van der Waals surface area contributed by atoms with E-state index in [1.54, 1.807) is 13.2 Å². The summed E-state index contributed by atoms with van der Waals surface area (Å²) >= 11 is 0. The van der Waals surface area contributed by atoms with Gasteiger partial charge in [-0.3, -0.25) is 4.99 Å². The zero-order chi connectivity index (χ0) is 14.3.